The van der Waals surface area contributed by atoms with Crippen LogP contribution in [-0.2, 0) is 28.6 Å². The quantitative estimate of drug-likeness (QED) is 0.0262. The summed E-state index contributed by atoms with van der Waals surface area (Å²) in [4.78, 5) is 38.1. The van der Waals surface area contributed by atoms with E-state index in [0.29, 0.717) is 19.3 Å². The zero-order chi connectivity index (χ0) is 49.3. The molecule has 0 aromatic carbocycles. The lowest BCUT2D eigenvalue weighted by Crippen LogP contribution is -2.30. The summed E-state index contributed by atoms with van der Waals surface area (Å²) >= 11 is 0. The lowest BCUT2D eigenvalue weighted by atomic mass is 10.0. The van der Waals surface area contributed by atoms with Gasteiger partial charge in [-0.1, -0.05) is 268 Å². The molecule has 0 saturated carbocycles. The molecule has 1 atom stereocenters. The van der Waals surface area contributed by atoms with Crippen molar-refractivity contribution in [2.45, 2.75) is 303 Å². The van der Waals surface area contributed by atoms with Gasteiger partial charge in [-0.15, -0.1) is 0 Å². The van der Waals surface area contributed by atoms with Crippen molar-refractivity contribution >= 4 is 17.9 Å². The lowest BCUT2D eigenvalue weighted by Gasteiger charge is -2.18. The minimum Gasteiger partial charge on any atom is -0.462 e. The number of hydrogen-bond donors (Lipinski definition) is 0. The predicted molar refractivity (Wildman–Crippen MR) is 293 cm³/mol. The molecule has 0 radical (unpaired) electrons. The predicted octanol–water partition coefficient (Wildman–Crippen LogP) is 19.6. The normalized spacial score (nSPS) is 12.5. The SMILES string of the molecule is CC/C=C\C/C=C\C/C=C\C/C=C\CCC(=O)OCC(COC(=O)CCCCCCCCCCCCC/C=C\CCCCCCCCCC)OC(=O)CCCCCCCCCCCCCCCC. The highest BCUT2D eigenvalue weighted by molar-refractivity contribution is 5.71. The molecule has 1 unspecified atom stereocenters. The summed E-state index contributed by atoms with van der Waals surface area (Å²) in [5.41, 5.74) is 0. The molecule has 0 saturated heterocycles. The molecule has 0 aliphatic heterocycles. The molecule has 6 heteroatoms. The van der Waals surface area contributed by atoms with E-state index in [4.69, 9.17) is 14.2 Å². The summed E-state index contributed by atoms with van der Waals surface area (Å²) in [6.07, 6.45) is 71.0. The third-order valence-electron chi connectivity index (χ3n) is 12.8. The standard InChI is InChI=1S/C62H110O6/c1-4-7-10-13-16-19-22-25-27-28-29-30-31-32-33-34-35-38-40-43-46-49-52-55-61(64)67-58-59(57-66-60(63)54-51-48-45-42-39-36-24-21-18-15-12-9-6-3)68-62(65)56-53-50-47-44-41-37-26-23-20-17-14-11-8-5-2/h9,12,18,21,28-29,36,39,45,48,59H,4-8,10-11,13-17,19-20,22-27,30-35,37-38,40-44,46-47,49-58H2,1-3H3/b12-9-,21-18-,29-28-,39-36-,48-45-. The van der Waals surface area contributed by atoms with E-state index in [1.54, 1.807) is 0 Å². The van der Waals surface area contributed by atoms with Gasteiger partial charge in [0.1, 0.15) is 13.2 Å². The monoisotopic (exact) mass is 951 g/mol. The van der Waals surface area contributed by atoms with Crippen molar-refractivity contribution in [2.24, 2.45) is 0 Å². The number of esters is 3. The number of unbranched alkanes of at least 4 members (excludes halogenated alkanes) is 32. The van der Waals surface area contributed by atoms with Crippen LogP contribution < -0.4 is 0 Å². The van der Waals surface area contributed by atoms with E-state index < -0.39 is 6.10 Å². The van der Waals surface area contributed by atoms with E-state index in [0.717, 1.165) is 64.2 Å². The summed E-state index contributed by atoms with van der Waals surface area (Å²) in [6.45, 7) is 6.49. The van der Waals surface area contributed by atoms with Crippen LogP contribution in [0.15, 0.2) is 60.8 Å². The van der Waals surface area contributed by atoms with Crippen molar-refractivity contribution in [3.8, 4) is 0 Å². The number of hydrogen-bond acceptors (Lipinski definition) is 6. The van der Waals surface area contributed by atoms with E-state index in [1.807, 2.05) is 6.08 Å². The maximum absolute atomic E-state index is 12.8. The molecule has 0 amide bonds. The molecule has 0 bridgehead atoms. The molecule has 394 valence electrons. The highest BCUT2D eigenvalue weighted by atomic mass is 16.6. The molecule has 6 nitrogen and oxygen atoms in total. The van der Waals surface area contributed by atoms with Crippen molar-refractivity contribution in [1.29, 1.82) is 0 Å². The van der Waals surface area contributed by atoms with Crippen molar-refractivity contribution in [1.82, 2.24) is 0 Å². The Morgan fingerprint density at radius 3 is 0.985 bits per heavy atom. The van der Waals surface area contributed by atoms with Gasteiger partial charge >= 0.3 is 17.9 Å². The van der Waals surface area contributed by atoms with Crippen LogP contribution in [0.5, 0.6) is 0 Å². The van der Waals surface area contributed by atoms with Gasteiger partial charge in [-0.05, 0) is 70.6 Å². The van der Waals surface area contributed by atoms with E-state index in [9.17, 15) is 14.4 Å². The summed E-state index contributed by atoms with van der Waals surface area (Å²) < 4.78 is 16.8. The fraction of sp³-hybridized carbons (Fsp3) is 0.790. The lowest BCUT2D eigenvalue weighted by molar-refractivity contribution is -0.166. The first kappa shape index (κ1) is 65.1. The van der Waals surface area contributed by atoms with Crippen LogP contribution in [0.1, 0.15) is 297 Å². The zero-order valence-electron chi connectivity index (χ0n) is 45.1. The highest BCUT2D eigenvalue weighted by Gasteiger charge is 2.19. The minimum absolute atomic E-state index is 0.0937. The number of rotatable bonds is 53. The molecule has 0 fully saturated rings. The molecule has 0 N–H and O–H groups in total. The molecule has 0 spiro atoms. The Labute approximate surface area is 421 Å². The Hall–Kier alpha value is -2.89. The first-order valence-corrected chi connectivity index (χ1v) is 29.3. The molecule has 0 aromatic heterocycles. The van der Waals surface area contributed by atoms with Gasteiger partial charge in [0.05, 0.1) is 0 Å². The van der Waals surface area contributed by atoms with Crippen LogP contribution >= 0.6 is 0 Å². The van der Waals surface area contributed by atoms with Crippen LogP contribution in [0.25, 0.3) is 0 Å². The Kier molecular flexibility index (Phi) is 54.3. The zero-order valence-corrected chi connectivity index (χ0v) is 45.1. The van der Waals surface area contributed by atoms with Gasteiger partial charge in [0.15, 0.2) is 6.10 Å². The molecule has 0 rings (SSSR count). The van der Waals surface area contributed by atoms with Gasteiger partial charge < -0.3 is 14.2 Å². The van der Waals surface area contributed by atoms with E-state index in [1.165, 1.54) is 186 Å². The van der Waals surface area contributed by atoms with Crippen molar-refractivity contribution in [3.05, 3.63) is 60.8 Å². The average Bonchev–Trinajstić information content (AvgIpc) is 3.34. The third-order valence-corrected chi connectivity index (χ3v) is 12.8. The second-order valence-corrected chi connectivity index (χ2v) is 19.5. The Morgan fingerprint density at radius 1 is 0.309 bits per heavy atom. The van der Waals surface area contributed by atoms with E-state index in [2.05, 4.69) is 75.5 Å². The van der Waals surface area contributed by atoms with Crippen molar-refractivity contribution in [2.75, 3.05) is 13.2 Å². The molecular weight excluding hydrogens is 841 g/mol. The molecular formula is C62H110O6. The molecule has 0 heterocycles. The maximum Gasteiger partial charge on any atom is 0.306 e. The van der Waals surface area contributed by atoms with E-state index in [-0.39, 0.29) is 37.5 Å². The Balaban J connectivity index is 4.32. The van der Waals surface area contributed by atoms with Gasteiger partial charge in [0.25, 0.3) is 0 Å². The first-order valence-electron chi connectivity index (χ1n) is 29.3. The van der Waals surface area contributed by atoms with Crippen LogP contribution in [0.2, 0.25) is 0 Å². The van der Waals surface area contributed by atoms with Crippen LogP contribution in [0.3, 0.4) is 0 Å². The second-order valence-electron chi connectivity index (χ2n) is 19.5. The van der Waals surface area contributed by atoms with Crippen LogP contribution in [0.4, 0.5) is 0 Å². The number of carbonyl (C=O) groups is 3. The fourth-order valence-corrected chi connectivity index (χ4v) is 8.39. The van der Waals surface area contributed by atoms with Gasteiger partial charge in [0, 0.05) is 19.3 Å². The third kappa shape index (κ3) is 54.1. The molecule has 0 aromatic rings. The van der Waals surface area contributed by atoms with Crippen LogP contribution in [-0.4, -0.2) is 37.2 Å². The smallest absolute Gasteiger partial charge is 0.306 e. The van der Waals surface area contributed by atoms with Crippen molar-refractivity contribution < 1.29 is 28.6 Å². The topological polar surface area (TPSA) is 78.9 Å². The van der Waals surface area contributed by atoms with Gasteiger partial charge in [-0.25, -0.2) is 0 Å². The van der Waals surface area contributed by atoms with Crippen LogP contribution in [0, 0.1) is 0 Å². The number of ether oxygens (including phenoxy) is 3. The van der Waals surface area contributed by atoms with Gasteiger partial charge in [0.2, 0.25) is 0 Å². The minimum atomic E-state index is -0.800. The van der Waals surface area contributed by atoms with E-state index >= 15 is 0 Å². The van der Waals surface area contributed by atoms with Crippen molar-refractivity contribution in [3.63, 3.8) is 0 Å². The number of allylic oxidation sites excluding steroid dienone is 10. The summed E-state index contributed by atoms with van der Waals surface area (Å²) in [6, 6.07) is 0. The average molecular weight is 952 g/mol. The summed E-state index contributed by atoms with van der Waals surface area (Å²) in [5, 5.41) is 0. The Morgan fingerprint density at radius 2 is 0.603 bits per heavy atom. The largest absolute Gasteiger partial charge is 0.462 e. The Bertz CT molecular complexity index is 1230. The number of carbonyl (C=O) groups excluding carboxylic acids is 3. The fourth-order valence-electron chi connectivity index (χ4n) is 8.39. The van der Waals surface area contributed by atoms with Gasteiger partial charge in [-0.3, -0.25) is 14.4 Å². The summed E-state index contributed by atoms with van der Waals surface area (Å²) in [5.74, 6) is -0.967. The first-order chi connectivity index (χ1) is 33.5. The van der Waals surface area contributed by atoms with Gasteiger partial charge in [-0.2, -0.15) is 0 Å². The molecule has 0 aliphatic carbocycles. The maximum atomic E-state index is 12.8. The molecule has 0 aliphatic rings. The highest BCUT2D eigenvalue weighted by Crippen LogP contribution is 2.16. The second kappa shape index (κ2) is 56.7. The molecule has 68 heavy (non-hydrogen) atoms. The summed E-state index contributed by atoms with van der Waals surface area (Å²) in [7, 11) is 0.